The molecule has 6 nitrogen and oxygen atoms in total. The Morgan fingerprint density at radius 3 is 1.65 bits per heavy atom. The normalized spacial score (nSPS) is 14.7. The lowest BCUT2D eigenvalue weighted by molar-refractivity contribution is -0.162. The van der Waals surface area contributed by atoms with Gasteiger partial charge in [0.15, 0.2) is 0 Å². The summed E-state index contributed by atoms with van der Waals surface area (Å²) in [5, 5.41) is 7.42. The quantitative estimate of drug-likeness (QED) is 0.771. The van der Waals surface area contributed by atoms with Crippen LogP contribution in [-0.4, -0.2) is 40.4 Å². The molecule has 0 aromatic rings. The monoisotopic (exact) mass is 291 g/mol. The summed E-state index contributed by atoms with van der Waals surface area (Å²) in [5.74, 6) is -1.26. The molecule has 0 saturated heterocycles. The summed E-state index contributed by atoms with van der Waals surface area (Å²) in [4.78, 5) is 20.7. The standard InChI is InChI=1S/C12H25NO3.C2H4O2/c1-8(15-11(2,3)4)9(13)10(14)16-12(5,6)7;1-2(3)4/h8-9H,13H2,1-7H3;1H3,(H,3,4)/t8-,9?;/m1./s1. The number of ether oxygens (including phenoxy) is 2. The Balaban J connectivity index is 0. The van der Waals surface area contributed by atoms with Crippen LogP contribution in [0.5, 0.6) is 0 Å². The van der Waals surface area contributed by atoms with Gasteiger partial charge in [-0.15, -0.1) is 0 Å². The summed E-state index contributed by atoms with van der Waals surface area (Å²) in [5.41, 5.74) is 4.94. The fourth-order valence-electron chi connectivity index (χ4n) is 1.19. The number of carboxylic acids is 1. The van der Waals surface area contributed by atoms with Gasteiger partial charge < -0.3 is 20.3 Å². The average Bonchev–Trinajstić information content (AvgIpc) is 2.09. The van der Waals surface area contributed by atoms with Crippen molar-refractivity contribution in [1.82, 2.24) is 0 Å². The van der Waals surface area contributed by atoms with Crippen LogP contribution in [0.1, 0.15) is 55.4 Å². The highest BCUT2D eigenvalue weighted by molar-refractivity contribution is 5.76. The van der Waals surface area contributed by atoms with Crippen molar-refractivity contribution in [3.05, 3.63) is 0 Å². The first-order chi connectivity index (χ1) is 8.65. The number of hydrogen-bond acceptors (Lipinski definition) is 5. The SMILES string of the molecule is CC(=O)O.C[C@@H](OC(C)(C)C)C(N)C(=O)OC(C)(C)C. The van der Waals surface area contributed by atoms with Crippen molar-refractivity contribution in [2.45, 2.75) is 78.7 Å². The van der Waals surface area contributed by atoms with Crippen molar-refractivity contribution in [1.29, 1.82) is 0 Å². The minimum absolute atomic E-state index is 0.320. The zero-order chi connectivity index (χ0) is 16.7. The average molecular weight is 291 g/mol. The molecule has 0 bridgehead atoms. The van der Waals surface area contributed by atoms with Crippen LogP contribution in [0, 0.1) is 0 Å². The zero-order valence-corrected chi connectivity index (χ0v) is 13.8. The van der Waals surface area contributed by atoms with Crippen molar-refractivity contribution in [3.8, 4) is 0 Å². The summed E-state index contributed by atoms with van der Waals surface area (Å²) in [6.45, 7) is 14.1. The van der Waals surface area contributed by atoms with Gasteiger partial charge in [-0.2, -0.15) is 0 Å². The predicted molar refractivity (Wildman–Crippen MR) is 77.4 cm³/mol. The lowest BCUT2D eigenvalue weighted by atomic mass is 10.1. The molecule has 0 spiro atoms. The molecule has 0 rings (SSSR count). The van der Waals surface area contributed by atoms with Crippen molar-refractivity contribution in [2.75, 3.05) is 0 Å². The van der Waals surface area contributed by atoms with Gasteiger partial charge in [0.2, 0.25) is 0 Å². The third-order valence-corrected chi connectivity index (χ3v) is 1.72. The molecule has 0 fully saturated rings. The Morgan fingerprint density at radius 2 is 1.40 bits per heavy atom. The van der Waals surface area contributed by atoms with Crippen LogP contribution < -0.4 is 5.73 Å². The van der Waals surface area contributed by atoms with E-state index in [0.29, 0.717) is 0 Å². The van der Waals surface area contributed by atoms with Crippen LogP contribution in [0.2, 0.25) is 0 Å². The van der Waals surface area contributed by atoms with Gasteiger partial charge in [0.1, 0.15) is 11.6 Å². The van der Waals surface area contributed by atoms with Crippen LogP contribution in [0.15, 0.2) is 0 Å². The summed E-state index contributed by atoms with van der Waals surface area (Å²) in [6.07, 6.45) is -0.366. The maximum Gasteiger partial charge on any atom is 0.326 e. The fourth-order valence-corrected chi connectivity index (χ4v) is 1.19. The molecule has 0 aliphatic rings. The topological polar surface area (TPSA) is 98.9 Å². The second-order valence-corrected chi connectivity index (χ2v) is 6.51. The maximum absolute atomic E-state index is 11.7. The Hall–Kier alpha value is -1.14. The number of nitrogens with two attached hydrogens (primary N) is 1. The van der Waals surface area contributed by atoms with Crippen LogP contribution in [-0.2, 0) is 19.1 Å². The molecule has 1 unspecified atom stereocenters. The minimum atomic E-state index is -0.833. The molecule has 0 aliphatic carbocycles. The van der Waals surface area contributed by atoms with E-state index in [1.165, 1.54) is 0 Å². The molecule has 6 heteroatoms. The molecule has 0 heterocycles. The molecular weight excluding hydrogens is 262 g/mol. The van der Waals surface area contributed by atoms with E-state index >= 15 is 0 Å². The molecular formula is C14H29NO5. The van der Waals surface area contributed by atoms with Gasteiger partial charge in [-0.05, 0) is 48.5 Å². The van der Waals surface area contributed by atoms with E-state index in [0.717, 1.165) is 6.92 Å². The molecule has 3 N–H and O–H groups in total. The molecule has 2 atom stereocenters. The van der Waals surface area contributed by atoms with Crippen molar-refractivity contribution in [3.63, 3.8) is 0 Å². The highest BCUT2D eigenvalue weighted by atomic mass is 16.6. The lowest BCUT2D eigenvalue weighted by Crippen LogP contribution is -2.47. The largest absolute Gasteiger partial charge is 0.481 e. The smallest absolute Gasteiger partial charge is 0.326 e. The summed E-state index contributed by atoms with van der Waals surface area (Å²) in [6, 6.07) is -0.751. The third-order valence-electron chi connectivity index (χ3n) is 1.72. The lowest BCUT2D eigenvalue weighted by Gasteiger charge is -2.29. The second kappa shape index (κ2) is 8.21. The molecule has 0 saturated carbocycles. The molecule has 0 aromatic heterocycles. The number of carbonyl (C=O) groups excluding carboxylic acids is 1. The molecule has 120 valence electrons. The van der Waals surface area contributed by atoms with Gasteiger partial charge >= 0.3 is 5.97 Å². The Morgan fingerprint density at radius 1 is 1.05 bits per heavy atom. The zero-order valence-electron chi connectivity index (χ0n) is 13.8. The first-order valence-electron chi connectivity index (χ1n) is 6.51. The van der Waals surface area contributed by atoms with E-state index in [2.05, 4.69) is 0 Å². The summed E-state index contributed by atoms with van der Waals surface area (Å²) >= 11 is 0. The third kappa shape index (κ3) is 14.9. The van der Waals surface area contributed by atoms with Gasteiger partial charge in [-0.25, -0.2) is 0 Å². The predicted octanol–water partition coefficient (Wildman–Crippen LogP) is 1.95. The number of carboxylic acid groups (broad SMARTS) is 1. The number of rotatable bonds is 3. The minimum Gasteiger partial charge on any atom is -0.481 e. The van der Waals surface area contributed by atoms with Crippen molar-refractivity contribution < 1.29 is 24.2 Å². The van der Waals surface area contributed by atoms with Gasteiger partial charge in [-0.3, -0.25) is 9.59 Å². The van der Waals surface area contributed by atoms with Crippen molar-refractivity contribution >= 4 is 11.9 Å². The highest BCUT2D eigenvalue weighted by Gasteiger charge is 2.29. The molecule has 0 radical (unpaired) electrons. The van der Waals surface area contributed by atoms with Crippen molar-refractivity contribution in [2.24, 2.45) is 5.73 Å². The molecule has 0 aromatic carbocycles. The Bertz CT molecular complexity index is 311. The van der Waals surface area contributed by atoms with Gasteiger partial charge in [0.05, 0.1) is 11.7 Å². The Labute approximate surface area is 121 Å². The van der Waals surface area contributed by atoms with Gasteiger partial charge in [0.25, 0.3) is 5.97 Å². The highest BCUT2D eigenvalue weighted by Crippen LogP contribution is 2.15. The van der Waals surface area contributed by atoms with Crippen LogP contribution >= 0.6 is 0 Å². The number of esters is 1. The summed E-state index contributed by atoms with van der Waals surface area (Å²) < 4.78 is 10.8. The molecule has 0 aliphatic heterocycles. The van der Waals surface area contributed by atoms with Crippen LogP contribution in [0.4, 0.5) is 0 Å². The number of aliphatic carboxylic acids is 1. The van der Waals surface area contributed by atoms with Gasteiger partial charge in [-0.1, -0.05) is 0 Å². The molecule has 20 heavy (non-hydrogen) atoms. The second-order valence-electron chi connectivity index (χ2n) is 6.51. The van der Waals surface area contributed by atoms with E-state index in [4.69, 9.17) is 25.1 Å². The van der Waals surface area contributed by atoms with Crippen LogP contribution in [0.25, 0.3) is 0 Å². The Kier molecular flexibility index (Phi) is 8.69. The van der Waals surface area contributed by atoms with E-state index in [1.807, 2.05) is 41.5 Å². The number of hydrogen-bond donors (Lipinski definition) is 2. The molecule has 0 amide bonds. The van der Waals surface area contributed by atoms with E-state index < -0.39 is 23.6 Å². The van der Waals surface area contributed by atoms with Crippen LogP contribution in [0.3, 0.4) is 0 Å². The summed E-state index contributed by atoms with van der Waals surface area (Å²) in [7, 11) is 0. The van der Waals surface area contributed by atoms with Gasteiger partial charge in [0, 0.05) is 6.92 Å². The number of carbonyl (C=O) groups is 2. The van der Waals surface area contributed by atoms with E-state index in [1.54, 1.807) is 6.92 Å². The van der Waals surface area contributed by atoms with E-state index in [9.17, 15) is 4.79 Å². The fraction of sp³-hybridized carbons (Fsp3) is 0.857. The van der Waals surface area contributed by atoms with E-state index in [-0.39, 0.29) is 11.7 Å². The first kappa shape index (κ1) is 21.2. The maximum atomic E-state index is 11.7. The first-order valence-corrected chi connectivity index (χ1v) is 6.51.